The van der Waals surface area contributed by atoms with Crippen LogP contribution in [0.3, 0.4) is 0 Å². The Kier molecular flexibility index (Phi) is 6.05. The third-order valence-electron chi connectivity index (χ3n) is 2.92. The van der Waals surface area contributed by atoms with Gasteiger partial charge < -0.3 is 4.90 Å². The monoisotopic (exact) mass is 287 g/mol. The molecule has 0 saturated carbocycles. The molecule has 1 rings (SSSR count). The van der Waals surface area contributed by atoms with Crippen LogP contribution in [0.2, 0.25) is 0 Å². The summed E-state index contributed by atoms with van der Waals surface area (Å²) in [6.07, 6.45) is 1.67. The number of amides is 1. The van der Waals surface area contributed by atoms with E-state index in [4.69, 9.17) is 0 Å². The average Bonchev–Trinajstić information content (AvgIpc) is 2.40. The van der Waals surface area contributed by atoms with Crippen molar-refractivity contribution in [2.24, 2.45) is 5.92 Å². The molecule has 1 aromatic rings. The number of carbonyl (C=O) groups is 1. The molecule has 20 heavy (non-hydrogen) atoms. The molecule has 0 aliphatic carbocycles. The van der Waals surface area contributed by atoms with Crippen molar-refractivity contribution in [3.05, 3.63) is 35.1 Å². The first-order valence-electron chi connectivity index (χ1n) is 6.81. The van der Waals surface area contributed by atoms with Crippen molar-refractivity contribution < 1.29 is 18.0 Å². The molecule has 0 saturated heterocycles. The molecule has 5 heteroatoms. The Labute approximate surface area is 117 Å². The van der Waals surface area contributed by atoms with E-state index in [-0.39, 0.29) is 5.92 Å². The smallest absolute Gasteiger partial charge is 0.256 e. The zero-order valence-electron chi connectivity index (χ0n) is 12.0. The van der Waals surface area contributed by atoms with Crippen molar-refractivity contribution in [3.8, 4) is 0 Å². The molecule has 0 aromatic heterocycles. The summed E-state index contributed by atoms with van der Waals surface area (Å²) >= 11 is 0. The van der Waals surface area contributed by atoms with Crippen LogP contribution in [0.1, 0.15) is 44.0 Å². The Morgan fingerprint density at radius 3 is 2.40 bits per heavy atom. The highest BCUT2D eigenvalue weighted by Gasteiger charge is 2.23. The Morgan fingerprint density at radius 2 is 1.85 bits per heavy atom. The van der Waals surface area contributed by atoms with Crippen LogP contribution in [0.4, 0.5) is 13.2 Å². The minimum Gasteiger partial charge on any atom is -0.338 e. The molecule has 1 aromatic carbocycles. The van der Waals surface area contributed by atoms with Gasteiger partial charge in [0, 0.05) is 13.1 Å². The second-order valence-corrected chi connectivity index (χ2v) is 5.22. The summed E-state index contributed by atoms with van der Waals surface area (Å²) in [6.45, 7) is 6.79. The lowest BCUT2D eigenvalue weighted by atomic mass is 10.1. The van der Waals surface area contributed by atoms with Crippen LogP contribution in [0.15, 0.2) is 12.1 Å². The largest absolute Gasteiger partial charge is 0.338 e. The highest BCUT2D eigenvalue weighted by atomic mass is 19.2. The van der Waals surface area contributed by atoms with E-state index < -0.39 is 28.9 Å². The molecule has 0 unspecified atom stereocenters. The zero-order valence-corrected chi connectivity index (χ0v) is 12.0. The van der Waals surface area contributed by atoms with Crippen molar-refractivity contribution in [2.75, 3.05) is 13.1 Å². The minimum atomic E-state index is -1.60. The molecule has 0 fully saturated rings. The molecule has 2 nitrogen and oxygen atoms in total. The van der Waals surface area contributed by atoms with Crippen LogP contribution in [0.25, 0.3) is 0 Å². The number of carbonyl (C=O) groups excluding carboxylic acids is 1. The fourth-order valence-corrected chi connectivity index (χ4v) is 1.93. The maximum absolute atomic E-state index is 13.7. The molecular formula is C15H20F3NO. The van der Waals surface area contributed by atoms with Crippen LogP contribution in [-0.2, 0) is 0 Å². The quantitative estimate of drug-likeness (QED) is 0.724. The van der Waals surface area contributed by atoms with Gasteiger partial charge >= 0.3 is 0 Å². The number of halogens is 3. The molecule has 0 aliphatic heterocycles. The second-order valence-electron chi connectivity index (χ2n) is 5.22. The zero-order chi connectivity index (χ0) is 15.3. The molecule has 0 aliphatic rings. The van der Waals surface area contributed by atoms with Crippen LogP contribution in [-0.4, -0.2) is 23.9 Å². The number of benzene rings is 1. The summed E-state index contributed by atoms with van der Waals surface area (Å²) in [5, 5.41) is 0. The van der Waals surface area contributed by atoms with E-state index in [1.165, 1.54) is 4.90 Å². The second kappa shape index (κ2) is 7.31. The number of nitrogens with zero attached hydrogens (tertiary/aromatic N) is 1. The Morgan fingerprint density at radius 1 is 1.20 bits per heavy atom. The van der Waals surface area contributed by atoms with E-state index in [1.54, 1.807) is 0 Å². The molecule has 0 atom stereocenters. The molecule has 0 bridgehead atoms. The van der Waals surface area contributed by atoms with Gasteiger partial charge in [-0.25, -0.2) is 13.2 Å². The lowest BCUT2D eigenvalue weighted by molar-refractivity contribution is 0.0727. The van der Waals surface area contributed by atoms with E-state index >= 15 is 0 Å². The fraction of sp³-hybridized carbons (Fsp3) is 0.533. The van der Waals surface area contributed by atoms with Crippen LogP contribution < -0.4 is 0 Å². The van der Waals surface area contributed by atoms with E-state index in [0.717, 1.165) is 25.0 Å². The summed E-state index contributed by atoms with van der Waals surface area (Å²) in [7, 11) is 0. The lowest BCUT2D eigenvalue weighted by Gasteiger charge is -2.24. The predicted molar refractivity (Wildman–Crippen MR) is 72.0 cm³/mol. The SMILES string of the molecule is CCCCN(CC(C)C)C(=O)c1ccc(F)c(F)c1F. The summed E-state index contributed by atoms with van der Waals surface area (Å²) in [4.78, 5) is 13.8. The molecule has 0 N–H and O–H groups in total. The van der Waals surface area contributed by atoms with E-state index in [0.29, 0.717) is 13.1 Å². The maximum atomic E-state index is 13.7. The van der Waals surface area contributed by atoms with E-state index in [1.807, 2.05) is 20.8 Å². The summed E-state index contributed by atoms with van der Waals surface area (Å²) in [5.74, 6) is -4.69. The Bertz CT molecular complexity index is 474. The van der Waals surface area contributed by atoms with Crippen LogP contribution in [0.5, 0.6) is 0 Å². The van der Waals surface area contributed by atoms with Crippen molar-refractivity contribution in [1.29, 1.82) is 0 Å². The summed E-state index contributed by atoms with van der Waals surface area (Å²) < 4.78 is 39.8. The fourth-order valence-electron chi connectivity index (χ4n) is 1.93. The third-order valence-corrected chi connectivity index (χ3v) is 2.92. The highest BCUT2D eigenvalue weighted by Crippen LogP contribution is 2.18. The van der Waals surface area contributed by atoms with Gasteiger partial charge in [-0.15, -0.1) is 0 Å². The van der Waals surface area contributed by atoms with Gasteiger partial charge in [0.1, 0.15) is 0 Å². The van der Waals surface area contributed by atoms with Gasteiger partial charge in [0.05, 0.1) is 5.56 Å². The van der Waals surface area contributed by atoms with Gasteiger partial charge in [-0.1, -0.05) is 27.2 Å². The van der Waals surface area contributed by atoms with Crippen molar-refractivity contribution in [2.45, 2.75) is 33.6 Å². The van der Waals surface area contributed by atoms with Gasteiger partial charge in [-0.05, 0) is 24.5 Å². The first-order valence-corrected chi connectivity index (χ1v) is 6.81. The molecule has 0 heterocycles. The Hall–Kier alpha value is -1.52. The molecule has 112 valence electrons. The van der Waals surface area contributed by atoms with Crippen molar-refractivity contribution in [1.82, 2.24) is 4.90 Å². The normalized spacial score (nSPS) is 10.9. The Balaban J connectivity index is 3.02. The third kappa shape index (κ3) is 3.99. The lowest BCUT2D eigenvalue weighted by Crippen LogP contribution is -2.35. The van der Waals surface area contributed by atoms with Gasteiger partial charge in [0.2, 0.25) is 0 Å². The first-order chi connectivity index (χ1) is 9.38. The van der Waals surface area contributed by atoms with E-state index in [2.05, 4.69) is 0 Å². The first kappa shape index (κ1) is 16.5. The predicted octanol–water partition coefficient (Wildman–Crippen LogP) is 4.00. The summed E-state index contributed by atoms with van der Waals surface area (Å²) in [5.41, 5.74) is -0.416. The topological polar surface area (TPSA) is 20.3 Å². The van der Waals surface area contributed by atoms with Gasteiger partial charge in [0.15, 0.2) is 17.5 Å². The van der Waals surface area contributed by atoms with Crippen LogP contribution in [0, 0.1) is 23.4 Å². The van der Waals surface area contributed by atoms with Crippen molar-refractivity contribution >= 4 is 5.91 Å². The van der Waals surface area contributed by atoms with E-state index in [9.17, 15) is 18.0 Å². The molecular weight excluding hydrogens is 267 g/mol. The average molecular weight is 287 g/mol. The van der Waals surface area contributed by atoms with Gasteiger partial charge in [-0.3, -0.25) is 4.79 Å². The standard InChI is InChI=1S/C15H20F3NO/c1-4-5-8-19(9-10(2)3)15(20)11-6-7-12(16)14(18)13(11)17/h6-7,10H,4-5,8-9H2,1-3H3. The minimum absolute atomic E-state index is 0.212. The number of unbranched alkanes of at least 4 members (excludes halogenated alkanes) is 1. The van der Waals surface area contributed by atoms with Gasteiger partial charge in [-0.2, -0.15) is 0 Å². The molecule has 1 amide bonds. The maximum Gasteiger partial charge on any atom is 0.256 e. The van der Waals surface area contributed by atoms with Crippen molar-refractivity contribution in [3.63, 3.8) is 0 Å². The summed E-state index contributed by atoms with van der Waals surface area (Å²) in [6, 6.07) is 1.77. The number of rotatable bonds is 6. The molecule has 0 spiro atoms. The number of hydrogen-bond acceptors (Lipinski definition) is 1. The van der Waals surface area contributed by atoms with Crippen LogP contribution >= 0.6 is 0 Å². The molecule has 0 radical (unpaired) electrons. The highest BCUT2D eigenvalue weighted by molar-refractivity contribution is 5.94. The number of hydrogen-bond donors (Lipinski definition) is 0. The van der Waals surface area contributed by atoms with Gasteiger partial charge in [0.25, 0.3) is 5.91 Å².